The number of ketones is 1. The van der Waals surface area contributed by atoms with Crippen LogP contribution in [0.15, 0.2) is 0 Å². The molecule has 0 aromatic rings. The van der Waals surface area contributed by atoms with Gasteiger partial charge in [0.05, 0.1) is 12.7 Å². The summed E-state index contributed by atoms with van der Waals surface area (Å²) in [5.74, 6) is -0.801. The number of nitrogens with one attached hydrogen (secondary N) is 1. The van der Waals surface area contributed by atoms with Crippen molar-refractivity contribution in [2.45, 2.75) is 51.9 Å². The van der Waals surface area contributed by atoms with Gasteiger partial charge in [0.1, 0.15) is 0 Å². The van der Waals surface area contributed by atoms with E-state index in [4.69, 9.17) is 0 Å². The minimum atomic E-state index is -3.53. The summed E-state index contributed by atoms with van der Waals surface area (Å²) in [5.41, 5.74) is 0. The van der Waals surface area contributed by atoms with E-state index in [9.17, 15) is 23.8 Å². The molecule has 1 saturated carbocycles. The summed E-state index contributed by atoms with van der Waals surface area (Å²) < 4.78 is 21.4. The molecule has 1 rings (SSSR count). The molecule has 1 unspecified atom stereocenters. The van der Waals surface area contributed by atoms with Crippen molar-refractivity contribution in [3.63, 3.8) is 0 Å². The molecule has 0 spiro atoms. The normalized spacial score (nSPS) is 17.4. The summed E-state index contributed by atoms with van der Waals surface area (Å²) >= 11 is 0. The number of amides is 1. The Hall–Kier alpha value is -1.40. The number of esters is 1. The quantitative estimate of drug-likeness (QED) is 0.341. The van der Waals surface area contributed by atoms with E-state index >= 15 is 0 Å². The average Bonchev–Trinajstić information content (AvgIpc) is 2.53. The van der Waals surface area contributed by atoms with Gasteiger partial charge in [-0.25, -0.2) is 4.79 Å². The third-order valence-corrected chi connectivity index (χ3v) is 5.92. The molecule has 1 amide bonds. The van der Waals surface area contributed by atoms with E-state index in [0.29, 0.717) is 6.42 Å². The fourth-order valence-corrected chi connectivity index (χ4v) is 4.78. The monoisotopic (exact) mass is 377 g/mol. The van der Waals surface area contributed by atoms with E-state index in [1.807, 2.05) is 6.92 Å². The van der Waals surface area contributed by atoms with Gasteiger partial charge in [-0.15, -0.1) is 0 Å². The van der Waals surface area contributed by atoms with Crippen molar-refractivity contribution in [3.05, 3.63) is 0 Å². The van der Waals surface area contributed by atoms with Gasteiger partial charge in [-0.3, -0.25) is 14.2 Å². The maximum absolute atomic E-state index is 12.2. The lowest BCUT2D eigenvalue weighted by molar-refractivity contribution is -0.151. The first kappa shape index (κ1) is 21.6. The van der Waals surface area contributed by atoms with Crippen LogP contribution in [-0.4, -0.2) is 48.4 Å². The first-order chi connectivity index (χ1) is 11.8. The molecule has 0 heterocycles. The Kier molecular flexibility index (Phi) is 9.75. The summed E-state index contributed by atoms with van der Waals surface area (Å²) in [4.78, 5) is 44.2. The Labute approximate surface area is 148 Å². The Bertz CT molecular complexity index is 503. The van der Waals surface area contributed by atoms with Crippen molar-refractivity contribution >= 4 is 25.2 Å². The van der Waals surface area contributed by atoms with Crippen molar-refractivity contribution in [3.8, 4) is 0 Å². The second-order valence-corrected chi connectivity index (χ2v) is 8.77. The molecular weight excluding hydrogens is 349 g/mol. The SMILES string of the molecule is CCCC(=O)OCOC(=O)NCC(=O)CP(=O)(O)CC1CCCCC1. The molecule has 1 atom stereocenters. The van der Waals surface area contributed by atoms with Crippen molar-refractivity contribution in [2.24, 2.45) is 5.92 Å². The van der Waals surface area contributed by atoms with E-state index in [-0.39, 0.29) is 18.5 Å². The van der Waals surface area contributed by atoms with Crippen LogP contribution in [0.25, 0.3) is 0 Å². The minimum absolute atomic E-state index is 0.163. The third-order valence-electron chi connectivity index (χ3n) is 3.99. The highest BCUT2D eigenvalue weighted by Crippen LogP contribution is 2.45. The van der Waals surface area contributed by atoms with Crippen LogP contribution < -0.4 is 5.32 Å². The molecule has 0 saturated heterocycles. The van der Waals surface area contributed by atoms with Gasteiger partial charge in [0.25, 0.3) is 0 Å². The van der Waals surface area contributed by atoms with Crippen LogP contribution in [0, 0.1) is 5.92 Å². The Balaban J connectivity index is 2.20. The topological polar surface area (TPSA) is 119 Å². The van der Waals surface area contributed by atoms with Crippen LogP contribution >= 0.6 is 7.37 Å². The lowest BCUT2D eigenvalue weighted by atomic mass is 9.91. The molecule has 0 aliphatic heterocycles. The van der Waals surface area contributed by atoms with Crippen LogP contribution in [0.1, 0.15) is 51.9 Å². The molecule has 9 heteroatoms. The summed E-state index contributed by atoms with van der Waals surface area (Å²) in [6.45, 7) is 0.893. The maximum Gasteiger partial charge on any atom is 0.410 e. The van der Waals surface area contributed by atoms with E-state index in [1.165, 1.54) is 0 Å². The highest BCUT2D eigenvalue weighted by Gasteiger charge is 2.28. The first-order valence-corrected chi connectivity index (χ1v) is 10.7. The number of rotatable bonds is 10. The Morgan fingerprint density at radius 2 is 1.84 bits per heavy atom. The van der Waals surface area contributed by atoms with E-state index < -0.39 is 44.7 Å². The van der Waals surface area contributed by atoms with Crippen LogP contribution in [0.2, 0.25) is 0 Å². The maximum atomic E-state index is 12.2. The van der Waals surface area contributed by atoms with Gasteiger partial charge in [0.15, 0.2) is 5.78 Å². The van der Waals surface area contributed by atoms with Crippen molar-refractivity contribution < 1.29 is 33.3 Å². The molecule has 25 heavy (non-hydrogen) atoms. The second kappa shape index (κ2) is 11.3. The molecule has 0 aromatic heterocycles. The third kappa shape index (κ3) is 10.2. The largest absolute Gasteiger partial charge is 0.428 e. The van der Waals surface area contributed by atoms with Gasteiger partial charge in [-0.05, 0) is 25.2 Å². The van der Waals surface area contributed by atoms with Gasteiger partial charge in [0.2, 0.25) is 14.2 Å². The zero-order valence-electron chi connectivity index (χ0n) is 14.7. The predicted molar refractivity (Wildman–Crippen MR) is 91.5 cm³/mol. The van der Waals surface area contributed by atoms with E-state index in [1.54, 1.807) is 0 Å². The molecule has 0 radical (unpaired) electrons. The number of carbonyl (C=O) groups excluding carboxylic acids is 3. The van der Waals surface area contributed by atoms with Gasteiger partial charge in [-0.2, -0.15) is 0 Å². The number of alkyl carbamates (subject to hydrolysis) is 1. The van der Waals surface area contributed by atoms with Crippen LogP contribution in [0.3, 0.4) is 0 Å². The first-order valence-electron chi connectivity index (χ1n) is 8.71. The summed E-state index contributed by atoms with van der Waals surface area (Å²) in [5, 5.41) is 2.18. The summed E-state index contributed by atoms with van der Waals surface area (Å²) in [6, 6.07) is 0. The molecule has 1 fully saturated rings. The molecular formula is C16H28NO7P. The smallest absolute Gasteiger partial charge is 0.410 e. The lowest BCUT2D eigenvalue weighted by Crippen LogP contribution is -2.32. The fourth-order valence-electron chi connectivity index (χ4n) is 2.82. The number of Topliss-reactive ketones (excluding diaryl/α,β-unsaturated/α-hetero) is 1. The molecule has 0 bridgehead atoms. The fraction of sp³-hybridized carbons (Fsp3) is 0.812. The van der Waals surface area contributed by atoms with Crippen LogP contribution in [0.4, 0.5) is 4.79 Å². The van der Waals surface area contributed by atoms with E-state index in [0.717, 1.165) is 32.1 Å². The average molecular weight is 377 g/mol. The van der Waals surface area contributed by atoms with Crippen molar-refractivity contribution in [1.82, 2.24) is 5.32 Å². The number of hydrogen-bond donors (Lipinski definition) is 2. The zero-order valence-corrected chi connectivity index (χ0v) is 15.6. The Morgan fingerprint density at radius 3 is 2.48 bits per heavy atom. The van der Waals surface area contributed by atoms with Crippen molar-refractivity contribution in [1.29, 1.82) is 0 Å². The predicted octanol–water partition coefficient (Wildman–Crippen LogP) is 2.43. The van der Waals surface area contributed by atoms with Gasteiger partial charge < -0.3 is 19.7 Å². The van der Waals surface area contributed by atoms with Gasteiger partial charge in [0, 0.05) is 12.6 Å². The molecule has 1 aliphatic rings. The molecule has 2 N–H and O–H groups in total. The number of ether oxygens (including phenoxy) is 2. The summed E-state index contributed by atoms with van der Waals surface area (Å²) in [6.07, 6.45) is 4.80. The molecule has 144 valence electrons. The molecule has 8 nitrogen and oxygen atoms in total. The minimum Gasteiger partial charge on any atom is -0.428 e. The number of carbonyl (C=O) groups is 3. The Morgan fingerprint density at radius 1 is 1.16 bits per heavy atom. The zero-order chi connectivity index (χ0) is 18.7. The highest BCUT2D eigenvalue weighted by molar-refractivity contribution is 7.59. The van der Waals surface area contributed by atoms with Gasteiger partial charge in [-0.1, -0.05) is 26.2 Å². The van der Waals surface area contributed by atoms with E-state index in [2.05, 4.69) is 14.8 Å². The van der Waals surface area contributed by atoms with Crippen LogP contribution in [-0.2, 0) is 23.6 Å². The second-order valence-electron chi connectivity index (χ2n) is 6.40. The highest BCUT2D eigenvalue weighted by atomic mass is 31.2. The summed E-state index contributed by atoms with van der Waals surface area (Å²) in [7, 11) is -3.53. The number of hydrogen-bond acceptors (Lipinski definition) is 6. The molecule has 1 aliphatic carbocycles. The van der Waals surface area contributed by atoms with Gasteiger partial charge >= 0.3 is 12.1 Å². The van der Waals surface area contributed by atoms with Crippen molar-refractivity contribution in [2.75, 3.05) is 25.7 Å². The molecule has 0 aromatic carbocycles. The standard InChI is InChI=1S/C16H28NO7P/c1-2-6-15(19)23-12-24-16(20)17-9-14(18)11-25(21,22)10-13-7-4-3-5-8-13/h13H,2-12H2,1H3,(H,17,20)(H,21,22). The lowest BCUT2D eigenvalue weighted by Gasteiger charge is -2.23. The van der Waals surface area contributed by atoms with Crippen LogP contribution in [0.5, 0.6) is 0 Å².